The molecule has 0 aliphatic rings. The molecule has 0 spiro atoms. The third kappa shape index (κ3) is 9.31. The van der Waals surface area contributed by atoms with Crippen LogP contribution in [0.5, 0.6) is 5.75 Å². The van der Waals surface area contributed by atoms with Crippen LogP contribution in [0, 0.1) is 0 Å². The topological polar surface area (TPSA) is 64.1 Å². The molecule has 0 aromatic heterocycles. The van der Waals surface area contributed by atoms with Gasteiger partial charge in [-0.25, -0.2) is 0 Å². The zero-order valence-electron chi connectivity index (χ0n) is 16.2. The number of hydrogen-bond donors (Lipinski definition) is 2. The number of hydrogen-bond acceptors (Lipinski definition) is 4. The molecule has 0 aliphatic heterocycles. The molecular weight excluding hydrogens is 318 g/mol. The van der Waals surface area contributed by atoms with Crippen LogP contribution in [-0.4, -0.2) is 52.0 Å². The predicted octanol–water partition coefficient (Wildman–Crippen LogP) is 2.58. The summed E-state index contributed by atoms with van der Waals surface area (Å²) in [7, 11) is 3.37. The second-order valence-corrected chi connectivity index (χ2v) is 6.34. The molecule has 1 rings (SSSR count). The minimum absolute atomic E-state index is 0.260. The van der Waals surface area contributed by atoms with Gasteiger partial charge in [0.15, 0.2) is 5.96 Å². The molecule has 142 valence electrons. The first-order valence-electron chi connectivity index (χ1n) is 8.78. The van der Waals surface area contributed by atoms with E-state index in [2.05, 4.69) is 22.5 Å². The summed E-state index contributed by atoms with van der Waals surface area (Å²) >= 11 is 0. The van der Waals surface area contributed by atoms with Gasteiger partial charge in [-0.3, -0.25) is 4.99 Å². The van der Waals surface area contributed by atoms with Gasteiger partial charge in [0, 0.05) is 26.8 Å². The summed E-state index contributed by atoms with van der Waals surface area (Å²) in [6.45, 7) is 9.64. The van der Waals surface area contributed by atoms with Crippen molar-refractivity contribution in [3.05, 3.63) is 29.8 Å². The summed E-state index contributed by atoms with van der Waals surface area (Å²) in [4.78, 5) is 4.55. The van der Waals surface area contributed by atoms with E-state index >= 15 is 0 Å². The monoisotopic (exact) mass is 351 g/mol. The van der Waals surface area contributed by atoms with Gasteiger partial charge in [-0.15, -0.1) is 0 Å². The van der Waals surface area contributed by atoms with Crippen molar-refractivity contribution in [3.8, 4) is 5.75 Å². The van der Waals surface area contributed by atoms with Crippen molar-refractivity contribution in [1.29, 1.82) is 0 Å². The maximum absolute atomic E-state index is 5.71. The molecule has 0 bridgehead atoms. The van der Waals surface area contributed by atoms with Gasteiger partial charge in [-0.05, 0) is 44.9 Å². The Hall–Kier alpha value is -1.79. The Morgan fingerprint density at radius 3 is 2.44 bits per heavy atom. The van der Waals surface area contributed by atoms with E-state index < -0.39 is 0 Å². The van der Waals surface area contributed by atoms with Gasteiger partial charge in [0.05, 0.1) is 25.9 Å². The summed E-state index contributed by atoms with van der Waals surface area (Å²) < 4.78 is 16.2. The second-order valence-electron chi connectivity index (χ2n) is 6.34. The Morgan fingerprint density at radius 1 is 1.12 bits per heavy atom. The summed E-state index contributed by atoms with van der Waals surface area (Å²) in [6.07, 6.45) is 0.911. The lowest BCUT2D eigenvalue weighted by molar-refractivity contribution is 0.0310. The quantitative estimate of drug-likeness (QED) is 0.364. The third-order valence-electron chi connectivity index (χ3n) is 3.70. The van der Waals surface area contributed by atoms with E-state index in [0.717, 1.165) is 36.8 Å². The van der Waals surface area contributed by atoms with E-state index in [-0.39, 0.29) is 5.60 Å². The highest BCUT2D eigenvalue weighted by molar-refractivity contribution is 5.79. The number of guanidine groups is 1. The van der Waals surface area contributed by atoms with Crippen LogP contribution in [0.25, 0.3) is 0 Å². The Morgan fingerprint density at radius 2 is 1.84 bits per heavy atom. The highest BCUT2D eigenvalue weighted by atomic mass is 16.5. The fourth-order valence-electron chi connectivity index (χ4n) is 1.97. The van der Waals surface area contributed by atoms with Gasteiger partial charge in [-0.2, -0.15) is 0 Å². The first-order chi connectivity index (χ1) is 12.0. The lowest BCUT2D eigenvalue weighted by Crippen LogP contribution is -2.39. The molecule has 0 radical (unpaired) electrons. The van der Waals surface area contributed by atoms with Crippen LogP contribution in [0.2, 0.25) is 0 Å². The van der Waals surface area contributed by atoms with Crippen molar-refractivity contribution in [1.82, 2.24) is 10.6 Å². The number of nitrogens with zero attached hydrogens (tertiary/aromatic N) is 1. The maximum Gasteiger partial charge on any atom is 0.191 e. The predicted molar refractivity (Wildman–Crippen MR) is 102 cm³/mol. The SMILES string of the molecule is CCNC(=NCC(C)(C)OC)NCCCOCc1ccc(OC)cc1. The molecule has 25 heavy (non-hydrogen) atoms. The molecule has 6 heteroatoms. The van der Waals surface area contributed by atoms with Crippen LogP contribution in [-0.2, 0) is 16.1 Å². The molecule has 0 saturated heterocycles. The molecule has 2 N–H and O–H groups in total. The highest BCUT2D eigenvalue weighted by Crippen LogP contribution is 2.11. The average Bonchev–Trinajstić information content (AvgIpc) is 2.63. The highest BCUT2D eigenvalue weighted by Gasteiger charge is 2.15. The van der Waals surface area contributed by atoms with E-state index in [1.165, 1.54) is 0 Å². The first kappa shape index (κ1) is 21.3. The summed E-state index contributed by atoms with van der Waals surface area (Å²) in [5, 5.41) is 6.56. The number of ether oxygens (including phenoxy) is 3. The molecular formula is C19H33N3O3. The smallest absolute Gasteiger partial charge is 0.191 e. The van der Waals surface area contributed by atoms with Crippen molar-refractivity contribution in [2.45, 2.75) is 39.4 Å². The molecule has 1 aromatic carbocycles. The summed E-state index contributed by atoms with van der Waals surface area (Å²) in [5.74, 6) is 1.67. The van der Waals surface area contributed by atoms with Crippen molar-refractivity contribution in [2.24, 2.45) is 4.99 Å². The van der Waals surface area contributed by atoms with Crippen LogP contribution in [0.15, 0.2) is 29.3 Å². The van der Waals surface area contributed by atoms with E-state index in [0.29, 0.717) is 19.8 Å². The van der Waals surface area contributed by atoms with Gasteiger partial charge < -0.3 is 24.8 Å². The minimum atomic E-state index is -0.260. The number of benzene rings is 1. The molecule has 6 nitrogen and oxygen atoms in total. The molecule has 0 aliphatic carbocycles. The van der Waals surface area contributed by atoms with Crippen molar-refractivity contribution in [2.75, 3.05) is 40.5 Å². The molecule has 1 aromatic rings. The second kappa shape index (κ2) is 11.7. The molecule has 0 atom stereocenters. The van der Waals surface area contributed by atoms with E-state index in [1.54, 1.807) is 14.2 Å². The largest absolute Gasteiger partial charge is 0.497 e. The average molecular weight is 351 g/mol. The Balaban J connectivity index is 2.23. The van der Waals surface area contributed by atoms with Crippen LogP contribution in [0.3, 0.4) is 0 Å². The first-order valence-corrected chi connectivity index (χ1v) is 8.78. The molecule has 0 fully saturated rings. The zero-order valence-corrected chi connectivity index (χ0v) is 16.2. The maximum atomic E-state index is 5.71. The molecule has 0 saturated carbocycles. The van der Waals surface area contributed by atoms with Crippen molar-refractivity contribution < 1.29 is 14.2 Å². The van der Waals surface area contributed by atoms with E-state index in [1.807, 2.05) is 38.1 Å². The third-order valence-corrected chi connectivity index (χ3v) is 3.70. The number of aliphatic imine (C=N–C) groups is 1. The minimum Gasteiger partial charge on any atom is -0.497 e. The normalized spacial score (nSPS) is 12.1. The zero-order chi connectivity index (χ0) is 18.5. The van der Waals surface area contributed by atoms with E-state index in [9.17, 15) is 0 Å². The Bertz CT molecular complexity index is 501. The van der Waals surface area contributed by atoms with Crippen molar-refractivity contribution >= 4 is 5.96 Å². The van der Waals surface area contributed by atoms with E-state index in [4.69, 9.17) is 14.2 Å². The Labute approximate surface area is 152 Å². The van der Waals surface area contributed by atoms with Gasteiger partial charge in [0.1, 0.15) is 5.75 Å². The fraction of sp³-hybridized carbons (Fsp3) is 0.632. The van der Waals surface area contributed by atoms with Crippen molar-refractivity contribution in [3.63, 3.8) is 0 Å². The number of methoxy groups -OCH3 is 2. The molecule has 0 heterocycles. The summed E-state index contributed by atoms with van der Waals surface area (Å²) in [6, 6.07) is 7.93. The van der Waals surface area contributed by atoms with Crippen LogP contribution < -0.4 is 15.4 Å². The Kier molecular flexibility index (Phi) is 9.96. The number of nitrogens with one attached hydrogen (secondary N) is 2. The standard InChI is InChI=1S/C19H33N3O3/c1-6-20-18(22-15-19(2,3)24-5)21-12-7-13-25-14-16-8-10-17(23-4)11-9-16/h8-11H,6-7,12-15H2,1-5H3,(H2,20,21,22). The van der Waals surface area contributed by atoms with Gasteiger partial charge in [0.2, 0.25) is 0 Å². The lowest BCUT2D eigenvalue weighted by Gasteiger charge is -2.21. The summed E-state index contributed by atoms with van der Waals surface area (Å²) in [5.41, 5.74) is 0.884. The van der Waals surface area contributed by atoms with Crippen LogP contribution in [0.1, 0.15) is 32.8 Å². The van der Waals surface area contributed by atoms with Crippen LogP contribution in [0.4, 0.5) is 0 Å². The number of rotatable bonds is 11. The molecule has 0 unspecified atom stereocenters. The molecule has 0 amide bonds. The van der Waals surface area contributed by atoms with Gasteiger partial charge in [0.25, 0.3) is 0 Å². The van der Waals surface area contributed by atoms with Gasteiger partial charge >= 0.3 is 0 Å². The van der Waals surface area contributed by atoms with Gasteiger partial charge in [-0.1, -0.05) is 12.1 Å². The van der Waals surface area contributed by atoms with Crippen LogP contribution >= 0.6 is 0 Å². The fourth-order valence-corrected chi connectivity index (χ4v) is 1.97. The lowest BCUT2D eigenvalue weighted by atomic mass is 10.1.